The van der Waals surface area contributed by atoms with Crippen LogP contribution >= 0.6 is 11.6 Å². The Morgan fingerprint density at radius 1 is 1.25 bits per heavy atom. The minimum absolute atomic E-state index is 0.0737. The summed E-state index contributed by atoms with van der Waals surface area (Å²) in [5, 5.41) is 16.0. The van der Waals surface area contributed by atoms with E-state index in [1.165, 1.54) is 0 Å². The van der Waals surface area contributed by atoms with E-state index in [9.17, 15) is 9.90 Å². The summed E-state index contributed by atoms with van der Waals surface area (Å²) in [7, 11) is 3.94. The second-order valence-electron chi connectivity index (χ2n) is 5.77. The first-order chi connectivity index (χ1) is 11.4. The number of nitrogens with zero attached hydrogens (tertiary/aromatic N) is 1. The first kappa shape index (κ1) is 18.1. The molecule has 6 heteroatoms. The fourth-order valence-corrected chi connectivity index (χ4v) is 2.72. The van der Waals surface area contributed by atoms with E-state index in [4.69, 9.17) is 11.6 Å². The molecule has 24 heavy (non-hydrogen) atoms. The van der Waals surface area contributed by atoms with Gasteiger partial charge in [0.1, 0.15) is 0 Å². The number of aliphatic hydroxyl groups is 1. The number of aryl methyl sites for hydroxylation is 1. The fourth-order valence-electron chi connectivity index (χ4n) is 2.45. The summed E-state index contributed by atoms with van der Waals surface area (Å²) in [5.41, 5.74) is 3.44. The zero-order chi connectivity index (χ0) is 17.7. The molecule has 128 valence electrons. The molecule has 0 aliphatic heterocycles. The van der Waals surface area contributed by atoms with Gasteiger partial charge in [-0.2, -0.15) is 0 Å². The Morgan fingerprint density at radius 3 is 2.58 bits per heavy atom. The number of aliphatic hydroxyl groups excluding tert-OH is 1. The lowest BCUT2D eigenvalue weighted by Gasteiger charge is -2.17. The molecule has 0 fully saturated rings. The minimum atomic E-state index is -0.859. The summed E-state index contributed by atoms with van der Waals surface area (Å²) in [5.74, 6) is 0. The Kier molecular flexibility index (Phi) is 6.06. The van der Waals surface area contributed by atoms with Crippen LogP contribution in [0.1, 0.15) is 17.2 Å². The van der Waals surface area contributed by atoms with E-state index in [0.717, 1.165) is 11.3 Å². The van der Waals surface area contributed by atoms with Gasteiger partial charge in [-0.3, -0.25) is 0 Å². The number of carbonyl (C=O) groups is 1. The van der Waals surface area contributed by atoms with Gasteiger partial charge in [-0.25, -0.2) is 4.79 Å². The molecular weight excluding hydrogens is 326 g/mol. The third-order valence-electron chi connectivity index (χ3n) is 3.66. The van der Waals surface area contributed by atoms with Crippen molar-refractivity contribution < 1.29 is 9.90 Å². The van der Waals surface area contributed by atoms with E-state index in [1.54, 1.807) is 24.3 Å². The Bertz CT molecular complexity index is 719. The molecule has 0 aliphatic rings. The SMILES string of the molecule is Cc1cc(NC(=O)NCC(O)c2ccccc2Cl)ccc1N(C)C. The van der Waals surface area contributed by atoms with E-state index >= 15 is 0 Å². The Labute approximate surface area is 147 Å². The molecule has 2 aromatic rings. The Balaban J connectivity index is 1.92. The molecular formula is C18H22ClN3O2. The van der Waals surface area contributed by atoms with Gasteiger partial charge in [0.25, 0.3) is 0 Å². The van der Waals surface area contributed by atoms with Gasteiger partial charge >= 0.3 is 6.03 Å². The van der Waals surface area contributed by atoms with Crippen molar-refractivity contribution in [2.24, 2.45) is 0 Å². The molecule has 0 saturated heterocycles. The van der Waals surface area contributed by atoms with Gasteiger partial charge in [0.05, 0.1) is 6.10 Å². The highest BCUT2D eigenvalue weighted by Crippen LogP contribution is 2.23. The second kappa shape index (κ2) is 8.04. The van der Waals surface area contributed by atoms with Crippen molar-refractivity contribution in [2.45, 2.75) is 13.0 Å². The van der Waals surface area contributed by atoms with Crippen LogP contribution in [0.5, 0.6) is 0 Å². The number of anilines is 2. The van der Waals surface area contributed by atoms with Crippen LogP contribution in [0.25, 0.3) is 0 Å². The summed E-state index contributed by atoms with van der Waals surface area (Å²) in [6.45, 7) is 2.06. The average Bonchev–Trinajstić information content (AvgIpc) is 2.52. The normalized spacial score (nSPS) is 11.7. The highest BCUT2D eigenvalue weighted by Gasteiger charge is 2.12. The highest BCUT2D eigenvalue weighted by molar-refractivity contribution is 6.31. The van der Waals surface area contributed by atoms with Gasteiger partial charge in [-0.05, 0) is 36.8 Å². The van der Waals surface area contributed by atoms with Crippen LogP contribution in [-0.2, 0) is 0 Å². The number of benzene rings is 2. The molecule has 1 atom stereocenters. The fraction of sp³-hybridized carbons (Fsp3) is 0.278. The standard InChI is InChI=1S/C18H22ClN3O2/c1-12-10-13(8-9-16(12)22(2)3)21-18(24)20-11-17(23)14-6-4-5-7-15(14)19/h4-10,17,23H,11H2,1-3H3,(H2,20,21,24). The van der Waals surface area contributed by atoms with Crippen molar-refractivity contribution in [3.8, 4) is 0 Å². The number of nitrogens with one attached hydrogen (secondary N) is 2. The van der Waals surface area contributed by atoms with Crippen LogP contribution in [0.4, 0.5) is 16.2 Å². The third-order valence-corrected chi connectivity index (χ3v) is 4.00. The lowest BCUT2D eigenvalue weighted by Crippen LogP contribution is -2.32. The molecule has 0 radical (unpaired) electrons. The minimum Gasteiger partial charge on any atom is -0.387 e. The number of carbonyl (C=O) groups excluding carboxylic acids is 1. The van der Waals surface area contributed by atoms with Crippen LogP contribution in [0.2, 0.25) is 5.02 Å². The van der Waals surface area contributed by atoms with Gasteiger partial charge in [-0.15, -0.1) is 0 Å². The number of hydrogen-bond donors (Lipinski definition) is 3. The molecule has 0 heterocycles. The van der Waals surface area contributed by atoms with Gasteiger partial charge in [-0.1, -0.05) is 29.8 Å². The highest BCUT2D eigenvalue weighted by atomic mass is 35.5. The molecule has 0 aliphatic carbocycles. The lowest BCUT2D eigenvalue weighted by atomic mass is 10.1. The Hall–Kier alpha value is -2.24. The summed E-state index contributed by atoms with van der Waals surface area (Å²) in [4.78, 5) is 14.0. The summed E-state index contributed by atoms with van der Waals surface area (Å²) < 4.78 is 0. The molecule has 0 spiro atoms. The van der Waals surface area contributed by atoms with Crippen molar-refractivity contribution in [3.05, 3.63) is 58.6 Å². The third kappa shape index (κ3) is 4.63. The number of rotatable bonds is 5. The maximum Gasteiger partial charge on any atom is 0.319 e. The Morgan fingerprint density at radius 2 is 1.96 bits per heavy atom. The van der Waals surface area contributed by atoms with Gasteiger partial charge < -0.3 is 20.6 Å². The number of amides is 2. The predicted molar refractivity (Wildman–Crippen MR) is 98.9 cm³/mol. The second-order valence-corrected chi connectivity index (χ2v) is 6.18. The molecule has 0 saturated carbocycles. The van der Waals surface area contributed by atoms with Crippen molar-refractivity contribution in [1.29, 1.82) is 0 Å². The predicted octanol–water partition coefficient (Wildman–Crippen LogP) is 3.57. The molecule has 3 N–H and O–H groups in total. The first-order valence-electron chi connectivity index (χ1n) is 7.64. The van der Waals surface area contributed by atoms with Crippen LogP contribution in [0.15, 0.2) is 42.5 Å². The van der Waals surface area contributed by atoms with E-state index in [-0.39, 0.29) is 12.6 Å². The van der Waals surface area contributed by atoms with Crippen LogP contribution in [-0.4, -0.2) is 31.8 Å². The first-order valence-corrected chi connectivity index (χ1v) is 8.01. The average molecular weight is 348 g/mol. The van der Waals surface area contributed by atoms with Crippen molar-refractivity contribution in [2.75, 3.05) is 30.9 Å². The van der Waals surface area contributed by atoms with E-state index in [2.05, 4.69) is 10.6 Å². The quantitative estimate of drug-likeness (QED) is 0.774. The number of urea groups is 1. The van der Waals surface area contributed by atoms with E-state index < -0.39 is 6.10 Å². The lowest BCUT2D eigenvalue weighted by molar-refractivity contribution is 0.175. The van der Waals surface area contributed by atoms with Gasteiger partial charge in [0.2, 0.25) is 0 Å². The maximum absolute atomic E-state index is 12.0. The molecule has 0 bridgehead atoms. The van der Waals surface area contributed by atoms with Crippen LogP contribution in [0, 0.1) is 6.92 Å². The summed E-state index contributed by atoms with van der Waals surface area (Å²) in [6.07, 6.45) is -0.859. The van der Waals surface area contributed by atoms with Gasteiger partial charge in [0, 0.05) is 42.6 Å². The molecule has 5 nitrogen and oxygen atoms in total. The van der Waals surface area contributed by atoms with Crippen molar-refractivity contribution in [3.63, 3.8) is 0 Å². The van der Waals surface area contributed by atoms with E-state index in [1.807, 2.05) is 44.1 Å². The molecule has 1 unspecified atom stereocenters. The maximum atomic E-state index is 12.0. The van der Waals surface area contributed by atoms with Crippen LogP contribution < -0.4 is 15.5 Å². The molecule has 0 aromatic heterocycles. The largest absolute Gasteiger partial charge is 0.387 e. The molecule has 2 aromatic carbocycles. The van der Waals surface area contributed by atoms with Crippen LogP contribution in [0.3, 0.4) is 0 Å². The number of halogens is 1. The molecule has 2 amide bonds. The zero-order valence-electron chi connectivity index (χ0n) is 14.0. The zero-order valence-corrected chi connectivity index (χ0v) is 14.8. The molecule has 2 rings (SSSR count). The van der Waals surface area contributed by atoms with E-state index in [0.29, 0.717) is 16.3 Å². The topological polar surface area (TPSA) is 64.6 Å². The van der Waals surface area contributed by atoms with Crippen molar-refractivity contribution >= 4 is 29.0 Å². The van der Waals surface area contributed by atoms with Crippen molar-refractivity contribution in [1.82, 2.24) is 5.32 Å². The monoisotopic (exact) mass is 347 g/mol. The summed E-state index contributed by atoms with van der Waals surface area (Å²) >= 11 is 6.03. The number of hydrogen-bond acceptors (Lipinski definition) is 3. The van der Waals surface area contributed by atoms with Gasteiger partial charge in [0.15, 0.2) is 0 Å². The summed E-state index contributed by atoms with van der Waals surface area (Å²) in [6, 6.07) is 12.3. The smallest absolute Gasteiger partial charge is 0.319 e.